The summed E-state index contributed by atoms with van der Waals surface area (Å²) in [5, 5.41) is 28.5. The molecule has 224 valence electrons. The molecule has 0 radical (unpaired) electrons. The third-order valence-electron chi connectivity index (χ3n) is 8.30. The highest BCUT2D eigenvalue weighted by atomic mass is 32.2. The SMILES string of the molecule is C[C@@H]1c2c(CSC(F)(F)C(F)(F)F)ccc(O)c2C(=O)C2C(=O)[C@@]3(O)C(=O)C(C(N)=O)C(=O)[C@H](N(C)C)[C@H]3[C@H](O)[C@H]21. The van der Waals surface area contributed by atoms with Crippen molar-refractivity contribution in [2.24, 2.45) is 29.4 Å². The average Bonchev–Trinajstić information content (AvgIpc) is 2.84. The number of phenols is 1. The van der Waals surface area contributed by atoms with Gasteiger partial charge in [-0.1, -0.05) is 24.8 Å². The first-order valence-electron chi connectivity index (χ1n) is 12.2. The number of nitrogens with two attached hydrogens (primary N) is 1. The molecule has 2 unspecified atom stereocenters. The van der Waals surface area contributed by atoms with E-state index in [1.54, 1.807) is 0 Å². The van der Waals surface area contributed by atoms with Crippen molar-refractivity contribution in [3.63, 3.8) is 0 Å². The molecule has 1 aromatic rings. The van der Waals surface area contributed by atoms with Gasteiger partial charge in [-0.2, -0.15) is 22.0 Å². The van der Waals surface area contributed by atoms with E-state index >= 15 is 0 Å². The summed E-state index contributed by atoms with van der Waals surface area (Å²) in [6.07, 6.45) is -7.87. The van der Waals surface area contributed by atoms with E-state index in [4.69, 9.17) is 5.73 Å². The third-order valence-corrected chi connectivity index (χ3v) is 9.35. The second-order valence-corrected chi connectivity index (χ2v) is 11.8. The van der Waals surface area contributed by atoms with Gasteiger partial charge in [-0.05, 0) is 37.2 Å². The van der Waals surface area contributed by atoms with Crippen LogP contribution in [0.3, 0.4) is 0 Å². The molecule has 3 aliphatic rings. The van der Waals surface area contributed by atoms with E-state index in [2.05, 4.69) is 0 Å². The maximum Gasteiger partial charge on any atom is 0.464 e. The molecule has 0 bridgehead atoms. The number of rotatable bonds is 5. The highest BCUT2D eigenvalue weighted by molar-refractivity contribution is 7.99. The number of alkyl halides is 5. The molecule has 5 N–H and O–H groups in total. The molecule has 1 aromatic carbocycles. The normalized spacial score (nSPS) is 33.9. The molecular formula is C25H25F5N2O8S. The topological polar surface area (TPSA) is 175 Å². The van der Waals surface area contributed by atoms with Crippen LogP contribution in [0.15, 0.2) is 12.1 Å². The third kappa shape index (κ3) is 4.29. The molecule has 10 nitrogen and oxygen atoms in total. The fourth-order valence-corrected chi connectivity index (χ4v) is 7.29. The first kappa shape index (κ1) is 31.0. The molecule has 0 saturated heterocycles. The van der Waals surface area contributed by atoms with E-state index in [1.807, 2.05) is 0 Å². The summed E-state index contributed by atoms with van der Waals surface area (Å²) in [5.41, 5.74) is 0.966. The minimum atomic E-state index is -5.89. The molecule has 8 atom stereocenters. The van der Waals surface area contributed by atoms with Crippen LogP contribution in [-0.4, -0.2) is 92.5 Å². The molecule has 2 fully saturated rings. The summed E-state index contributed by atoms with van der Waals surface area (Å²) in [7, 11) is 2.61. The first-order valence-corrected chi connectivity index (χ1v) is 13.2. The second-order valence-electron chi connectivity index (χ2n) is 10.7. The monoisotopic (exact) mass is 608 g/mol. The van der Waals surface area contributed by atoms with Crippen molar-refractivity contribution in [3.05, 3.63) is 28.8 Å². The fourth-order valence-electron chi connectivity index (χ4n) is 6.54. The Bertz CT molecular complexity index is 1370. The van der Waals surface area contributed by atoms with Gasteiger partial charge in [-0.3, -0.25) is 28.9 Å². The molecule has 0 aliphatic heterocycles. The Morgan fingerprint density at radius 3 is 2.20 bits per heavy atom. The predicted molar refractivity (Wildman–Crippen MR) is 130 cm³/mol. The highest BCUT2D eigenvalue weighted by Gasteiger charge is 2.73. The Morgan fingerprint density at radius 1 is 1.10 bits per heavy atom. The largest absolute Gasteiger partial charge is 0.507 e. The summed E-state index contributed by atoms with van der Waals surface area (Å²) in [4.78, 5) is 67.2. The number of Topliss-reactive ketones (excluding diaryl/α,β-unsaturated/α-hetero) is 4. The highest BCUT2D eigenvalue weighted by Crippen LogP contribution is 2.55. The van der Waals surface area contributed by atoms with Gasteiger partial charge >= 0.3 is 11.4 Å². The zero-order valence-corrected chi connectivity index (χ0v) is 22.4. The Labute approximate surface area is 233 Å². The number of hydrogen-bond acceptors (Lipinski definition) is 10. The van der Waals surface area contributed by atoms with Crippen molar-refractivity contribution in [2.75, 3.05) is 14.1 Å². The minimum Gasteiger partial charge on any atom is -0.507 e. The van der Waals surface area contributed by atoms with Crippen molar-refractivity contribution in [1.82, 2.24) is 4.90 Å². The number of nitrogens with zero attached hydrogens (tertiary/aromatic N) is 1. The van der Waals surface area contributed by atoms with Crippen LogP contribution in [0.5, 0.6) is 5.75 Å². The van der Waals surface area contributed by atoms with Gasteiger partial charge in [-0.25, -0.2) is 0 Å². The number of aliphatic hydroxyl groups excluding tert-OH is 1. The van der Waals surface area contributed by atoms with Gasteiger partial charge in [0.25, 0.3) is 0 Å². The summed E-state index contributed by atoms with van der Waals surface area (Å²) < 4.78 is 65.7. The van der Waals surface area contributed by atoms with E-state index in [0.717, 1.165) is 17.0 Å². The van der Waals surface area contributed by atoms with Gasteiger partial charge in [-0.15, -0.1) is 0 Å². The fraction of sp³-hybridized carbons (Fsp3) is 0.560. The molecule has 0 spiro atoms. The number of carbonyl (C=O) groups is 5. The molecule has 2 saturated carbocycles. The average molecular weight is 609 g/mol. The molecule has 4 rings (SSSR count). The van der Waals surface area contributed by atoms with Crippen LogP contribution < -0.4 is 5.73 Å². The number of benzene rings is 1. The summed E-state index contributed by atoms with van der Waals surface area (Å²) in [6.45, 7) is 1.32. The van der Waals surface area contributed by atoms with E-state index in [1.165, 1.54) is 21.0 Å². The smallest absolute Gasteiger partial charge is 0.464 e. The van der Waals surface area contributed by atoms with Gasteiger partial charge in [0.2, 0.25) is 5.91 Å². The lowest BCUT2D eigenvalue weighted by molar-refractivity contribution is -0.237. The van der Waals surface area contributed by atoms with Crippen LogP contribution in [0.25, 0.3) is 0 Å². The molecule has 1 amide bonds. The molecule has 16 heteroatoms. The number of ketones is 4. The van der Waals surface area contributed by atoms with Crippen LogP contribution in [0.2, 0.25) is 0 Å². The van der Waals surface area contributed by atoms with Gasteiger partial charge in [0.1, 0.15) is 5.75 Å². The quantitative estimate of drug-likeness (QED) is 0.276. The van der Waals surface area contributed by atoms with Gasteiger partial charge in [0, 0.05) is 11.7 Å². The van der Waals surface area contributed by atoms with Crippen molar-refractivity contribution in [2.45, 2.75) is 47.8 Å². The van der Waals surface area contributed by atoms with E-state index < -0.39 is 117 Å². The van der Waals surface area contributed by atoms with Gasteiger partial charge in [0.05, 0.1) is 29.5 Å². The van der Waals surface area contributed by atoms with Crippen LogP contribution >= 0.6 is 11.8 Å². The number of likely N-dealkylation sites (N-methyl/N-ethyl adjacent to an activating group) is 1. The molecule has 0 aromatic heterocycles. The number of aliphatic hydroxyl groups is 2. The Kier molecular flexibility index (Phi) is 7.42. The number of hydrogen-bond donors (Lipinski definition) is 4. The number of carbonyl (C=O) groups excluding carboxylic acids is 5. The summed E-state index contributed by atoms with van der Waals surface area (Å²) in [5.74, 6) is -17.5. The maximum atomic E-state index is 13.8. The van der Waals surface area contributed by atoms with Crippen LogP contribution in [0.4, 0.5) is 22.0 Å². The summed E-state index contributed by atoms with van der Waals surface area (Å²) >= 11 is -0.784. The molecule has 0 heterocycles. The van der Waals surface area contributed by atoms with E-state index in [-0.39, 0.29) is 11.1 Å². The van der Waals surface area contributed by atoms with Crippen molar-refractivity contribution < 1.29 is 61.2 Å². The van der Waals surface area contributed by atoms with Crippen LogP contribution in [0, 0.1) is 23.7 Å². The van der Waals surface area contributed by atoms with Crippen molar-refractivity contribution >= 4 is 40.8 Å². The predicted octanol–water partition coefficient (Wildman–Crippen LogP) is 0.787. The number of aromatic hydroxyl groups is 1. The van der Waals surface area contributed by atoms with Crippen LogP contribution in [0.1, 0.15) is 34.3 Å². The van der Waals surface area contributed by atoms with Crippen molar-refractivity contribution in [1.29, 1.82) is 0 Å². The van der Waals surface area contributed by atoms with Crippen molar-refractivity contribution in [3.8, 4) is 5.75 Å². The second kappa shape index (κ2) is 9.81. The number of fused-ring (bicyclic) bond motifs is 3. The standard InChI is InChI=1S/C25H25F5N2O8S/c1-7-10-8(6-41-25(29,30)24(26,27)28)4-5-9(33)12(10)17(34)13-11(7)18(35)15-16(32(2)3)19(36)14(22(31)39)21(38)23(15,40)20(13)37/h4-5,7,11,13-16,18,33,35,40H,6H2,1-3H3,(H2,31,39)/t7-,11+,13?,14?,15+,16-,18-,23-/m1/s1. The van der Waals surface area contributed by atoms with Gasteiger partial charge < -0.3 is 21.1 Å². The first-order chi connectivity index (χ1) is 18.7. The van der Waals surface area contributed by atoms with E-state index in [9.17, 15) is 61.2 Å². The Balaban J connectivity index is 1.89. The number of phenolic OH excluding ortho intramolecular Hbond substituents is 1. The zero-order chi connectivity index (χ0) is 31.1. The summed E-state index contributed by atoms with van der Waals surface area (Å²) in [6, 6.07) is 0.268. The molecular weight excluding hydrogens is 583 g/mol. The maximum absolute atomic E-state index is 13.8. The Hall–Kier alpha value is -2.95. The van der Waals surface area contributed by atoms with Crippen LogP contribution in [-0.2, 0) is 24.9 Å². The number of halogens is 5. The Morgan fingerprint density at radius 2 is 1.68 bits per heavy atom. The lowest BCUT2D eigenvalue weighted by Gasteiger charge is -2.56. The molecule has 3 aliphatic carbocycles. The van der Waals surface area contributed by atoms with Gasteiger partial charge in [0.15, 0.2) is 34.7 Å². The molecule has 41 heavy (non-hydrogen) atoms. The lowest BCUT2D eigenvalue weighted by atomic mass is 9.49. The lowest BCUT2D eigenvalue weighted by Crippen LogP contribution is -2.77. The minimum absolute atomic E-state index is 0.205. The number of thioether (sulfide) groups is 1. The zero-order valence-electron chi connectivity index (χ0n) is 21.6. The van der Waals surface area contributed by atoms with E-state index in [0.29, 0.717) is 0 Å². The number of primary amides is 1. The number of amides is 1.